The largest absolute Gasteiger partial charge is 0.449 e. The van der Waals surface area contributed by atoms with E-state index < -0.39 is 0 Å². The summed E-state index contributed by atoms with van der Waals surface area (Å²) in [5, 5.41) is 4.92. The highest BCUT2D eigenvalue weighted by Gasteiger charge is 2.27. The topological polar surface area (TPSA) is 67.7 Å². The molecular weight excluding hydrogens is 368 g/mol. The first-order chi connectivity index (χ1) is 13.0. The van der Waals surface area contributed by atoms with E-state index in [0.29, 0.717) is 49.4 Å². The summed E-state index contributed by atoms with van der Waals surface area (Å²) in [4.78, 5) is 28.0. The molecule has 1 aromatic heterocycles. The first-order valence-corrected chi connectivity index (χ1v) is 9.35. The summed E-state index contributed by atoms with van der Waals surface area (Å²) in [5.41, 5.74) is 1.07. The molecule has 2 heterocycles. The van der Waals surface area contributed by atoms with Crippen molar-refractivity contribution in [2.24, 2.45) is 5.92 Å². The van der Waals surface area contributed by atoms with Crippen LogP contribution in [0.1, 0.15) is 24.3 Å². The van der Waals surface area contributed by atoms with Gasteiger partial charge in [-0.2, -0.15) is 5.10 Å². The average molecular weight is 391 g/mol. The number of carbonyl (C=O) groups excluding carboxylic acids is 2. The number of halogens is 1. The number of hydrogen-bond acceptors (Lipinski definition) is 4. The molecule has 0 N–H and O–H groups in total. The van der Waals surface area contributed by atoms with Crippen LogP contribution in [0.4, 0.5) is 4.79 Å². The number of nitrogens with zero attached hydrogens (tertiary/aromatic N) is 4. The number of hydrogen-bond donors (Lipinski definition) is 0. The van der Waals surface area contributed by atoms with Crippen molar-refractivity contribution >= 4 is 23.6 Å². The fourth-order valence-electron chi connectivity index (χ4n) is 2.79. The Bertz CT molecular complexity index is 813. The maximum atomic E-state index is 12.7. The second-order valence-corrected chi connectivity index (χ2v) is 7.25. The molecule has 8 heteroatoms. The van der Waals surface area contributed by atoms with Gasteiger partial charge < -0.3 is 14.5 Å². The van der Waals surface area contributed by atoms with Gasteiger partial charge in [0.05, 0.1) is 17.3 Å². The standard InChI is InChI=1S/C19H23ClN4O3/c1-14(2)13-27-19(26)23-11-9-22(10-12-23)18(25)16-7-8-24(21-16)17-6-4-3-5-15(17)20/h3-8,14H,9-13H2,1-2H3. The van der Waals surface area contributed by atoms with Crippen LogP contribution in [0, 0.1) is 5.92 Å². The van der Waals surface area contributed by atoms with Gasteiger partial charge in [0.15, 0.2) is 5.69 Å². The van der Waals surface area contributed by atoms with Gasteiger partial charge in [-0.1, -0.05) is 37.6 Å². The van der Waals surface area contributed by atoms with Gasteiger partial charge in [-0.3, -0.25) is 4.79 Å². The Morgan fingerprint density at radius 1 is 1.11 bits per heavy atom. The Morgan fingerprint density at radius 3 is 2.44 bits per heavy atom. The fraction of sp³-hybridized carbons (Fsp3) is 0.421. The average Bonchev–Trinajstić information content (AvgIpc) is 3.16. The summed E-state index contributed by atoms with van der Waals surface area (Å²) in [5.74, 6) is 0.140. The molecule has 0 unspecified atom stereocenters. The van der Waals surface area contributed by atoms with Crippen molar-refractivity contribution in [3.63, 3.8) is 0 Å². The maximum absolute atomic E-state index is 12.7. The van der Waals surface area contributed by atoms with Crippen LogP contribution in [-0.2, 0) is 4.74 Å². The lowest BCUT2D eigenvalue weighted by Gasteiger charge is -2.33. The molecule has 1 fully saturated rings. The fourth-order valence-corrected chi connectivity index (χ4v) is 3.02. The normalized spacial score (nSPS) is 14.5. The molecule has 0 saturated carbocycles. The highest BCUT2D eigenvalue weighted by molar-refractivity contribution is 6.32. The molecule has 1 aromatic carbocycles. The highest BCUT2D eigenvalue weighted by Crippen LogP contribution is 2.19. The van der Waals surface area contributed by atoms with Crippen LogP contribution in [0.25, 0.3) is 5.69 Å². The SMILES string of the molecule is CC(C)COC(=O)N1CCN(C(=O)c2ccn(-c3ccccc3Cl)n2)CC1. The number of piperazine rings is 1. The van der Waals surface area contributed by atoms with Crippen LogP contribution in [0.5, 0.6) is 0 Å². The Balaban J connectivity index is 1.59. The number of para-hydroxylation sites is 1. The second-order valence-electron chi connectivity index (χ2n) is 6.85. The molecule has 7 nitrogen and oxygen atoms in total. The predicted octanol–water partition coefficient (Wildman–Crippen LogP) is 3.08. The number of ether oxygens (including phenoxy) is 1. The van der Waals surface area contributed by atoms with E-state index in [0.717, 1.165) is 5.69 Å². The minimum absolute atomic E-state index is 0.156. The molecule has 144 valence electrons. The van der Waals surface area contributed by atoms with Crippen LogP contribution >= 0.6 is 11.6 Å². The van der Waals surface area contributed by atoms with Crippen molar-refractivity contribution in [3.05, 3.63) is 47.2 Å². The maximum Gasteiger partial charge on any atom is 0.409 e. The lowest BCUT2D eigenvalue weighted by atomic mass is 10.2. The van der Waals surface area contributed by atoms with Crippen LogP contribution in [0.2, 0.25) is 5.02 Å². The van der Waals surface area contributed by atoms with Gasteiger partial charge in [-0.25, -0.2) is 9.48 Å². The van der Waals surface area contributed by atoms with Crippen molar-refractivity contribution < 1.29 is 14.3 Å². The van der Waals surface area contributed by atoms with E-state index in [2.05, 4.69) is 5.10 Å². The zero-order chi connectivity index (χ0) is 19.4. The van der Waals surface area contributed by atoms with Crippen molar-refractivity contribution in [3.8, 4) is 5.69 Å². The number of carbonyl (C=O) groups is 2. The van der Waals surface area contributed by atoms with Gasteiger partial charge in [0.2, 0.25) is 0 Å². The lowest BCUT2D eigenvalue weighted by Crippen LogP contribution is -2.51. The first kappa shape index (κ1) is 19.2. The van der Waals surface area contributed by atoms with Gasteiger partial charge >= 0.3 is 6.09 Å². The molecule has 0 bridgehead atoms. The molecule has 0 atom stereocenters. The zero-order valence-electron chi connectivity index (χ0n) is 15.5. The molecule has 27 heavy (non-hydrogen) atoms. The molecule has 0 spiro atoms. The minimum Gasteiger partial charge on any atom is -0.449 e. The van der Waals surface area contributed by atoms with Crippen molar-refractivity contribution in [2.45, 2.75) is 13.8 Å². The summed E-state index contributed by atoms with van der Waals surface area (Å²) in [6.07, 6.45) is 1.40. The smallest absolute Gasteiger partial charge is 0.409 e. The molecule has 1 aliphatic heterocycles. The van der Waals surface area contributed by atoms with E-state index in [-0.39, 0.29) is 12.0 Å². The highest BCUT2D eigenvalue weighted by atomic mass is 35.5. The van der Waals surface area contributed by atoms with Crippen LogP contribution < -0.4 is 0 Å². The monoisotopic (exact) mass is 390 g/mol. The predicted molar refractivity (Wildman–Crippen MR) is 102 cm³/mol. The van der Waals surface area contributed by atoms with Gasteiger partial charge in [0.1, 0.15) is 0 Å². The molecule has 3 rings (SSSR count). The molecule has 0 aliphatic carbocycles. The van der Waals surface area contributed by atoms with Gasteiger partial charge in [0.25, 0.3) is 5.91 Å². The van der Waals surface area contributed by atoms with Crippen LogP contribution in [0.3, 0.4) is 0 Å². The Labute approximate surface area is 163 Å². The molecular formula is C19H23ClN4O3. The van der Waals surface area contributed by atoms with E-state index in [1.54, 1.807) is 32.8 Å². The summed E-state index contributed by atoms with van der Waals surface area (Å²) in [6, 6.07) is 8.99. The van der Waals surface area contributed by atoms with Crippen molar-refractivity contribution in [1.82, 2.24) is 19.6 Å². The third-order valence-corrected chi connectivity index (χ3v) is 4.59. The summed E-state index contributed by atoms with van der Waals surface area (Å²) < 4.78 is 6.83. The Kier molecular flexibility index (Phi) is 6.01. The number of benzene rings is 1. The molecule has 1 saturated heterocycles. The van der Waals surface area contributed by atoms with Gasteiger partial charge in [0, 0.05) is 32.4 Å². The van der Waals surface area contributed by atoms with E-state index >= 15 is 0 Å². The summed E-state index contributed by atoms with van der Waals surface area (Å²) in [6.45, 7) is 6.19. The Morgan fingerprint density at radius 2 is 1.78 bits per heavy atom. The second kappa shape index (κ2) is 8.43. The summed E-state index contributed by atoms with van der Waals surface area (Å²) in [7, 11) is 0. The van der Waals surface area contributed by atoms with E-state index in [4.69, 9.17) is 16.3 Å². The number of aromatic nitrogens is 2. The summed E-state index contributed by atoms with van der Waals surface area (Å²) >= 11 is 6.18. The van der Waals surface area contributed by atoms with E-state index in [9.17, 15) is 9.59 Å². The lowest BCUT2D eigenvalue weighted by molar-refractivity contribution is 0.0531. The minimum atomic E-state index is -0.321. The van der Waals surface area contributed by atoms with Gasteiger partial charge in [-0.05, 0) is 24.1 Å². The van der Waals surface area contributed by atoms with Crippen LogP contribution in [0.15, 0.2) is 36.5 Å². The third-order valence-electron chi connectivity index (χ3n) is 4.27. The quantitative estimate of drug-likeness (QED) is 0.804. The molecule has 2 amide bonds. The molecule has 2 aromatic rings. The number of rotatable bonds is 4. The Hall–Kier alpha value is -2.54. The van der Waals surface area contributed by atoms with E-state index in [1.165, 1.54) is 0 Å². The van der Waals surface area contributed by atoms with Crippen molar-refractivity contribution in [2.75, 3.05) is 32.8 Å². The van der Waals surface area contributed by atoms with Crippen molar-refractivity contribution in [1.29, 1.82) is 0 Å². The zero-order valence-corrected chi connectivity index (χ0v) is 16.2. The van der Waals surface area contributed by atoms with Gasteiger partial charge in [-0.15, -0.1) is 0 Å². The third kappa shape index (κ3) is 4.60. The van der Waals surface area contributed by atoms with E-state index in [1.807, 2.05) is 32.0 Å². The molecule has 0 radical (unpaired) electrons. The number of amides is 2. The first-order valence-electron chi connectivity index (χ1n) is 8.97. The molecule has 1 aliphatic rings. The van der Waals surface area contributed by atoms with Crippen LogP contribution in [-0.4, -0.2) is 64.4 Å².